The van der Waals surface area contributed by atoms with E-state index in [-0.39, 0.29) is 25.0 Å². The van der Waals surface area contributed by atoms with Gasteiger partial charge in [-0.15, -0.1) is 0 Å². The highest BCUT2D eigenvalue weighted by Gasteiger charge is 2.23. The second kappa shape index (κ2) is 11.0. The number of benzene rings is 2. The maximum Gasteiger partial charge on any atom is 0.227 e. The van der Waals surface area contributed by atoms with E-state index in [0.717, 1.165) is 18.5 Å². The molecule has 1 unspecified atom stereocenters. The summed E-state index contributed by atoms with van der Waals surface area (Å²) in [6.07, 6.45) is 2.39. The summed E-state index contributed by atoms with van der Waals surface area (Å²) in [5, 5.41) is 10.2. The Morgan fingerprint density at radius 1 is 1.16 bits per heavy atom. The van der Waals surface area contributed by atoms with Crippen molar-refractivity contribution in [3.05, 3.63) is 59.7 Å². The molecule has 2 amide bonds. The molecule has 1 aliphatic heterocycles. The van der Waals surface area contributed by atoms with Crippen molar-refractivity contribution in [2.75, 3.05) is 31.6 Å². The first-order valence-electron chi connectivity index (χ1n) is 11.0. The van der Waals surface area contributed by atoms with Gasteiger partial charge in [-0.05, 0) is 48.6 Å². The SMILES string of the molecule is CCc1ccc(OCC(O)CN(C)C(=O)CCCN2C(=O)CCc3ccccc32)cc1. The molecule has 1 heterocycles. The first-order valence-corrected chi connectivity index (χ1v) is 11.0. The first kappa shape index (κ1) is 22.8. The normalized spacial score (nSPS) is 14.2. The van der Waals surface area contributed by atoms with Crippen LogP contribution in [0.5, 0.6) is 5.75 Å². The molecule has 1 aliphatic rings. The van der Waals surface area contributed by atoms with Gasteiger partial charge in [0.2, 0.25) is 11.8 Å². The fraction of sp³-hybridized carbons (Fsp3) is 0.440. The number of rotatable bonds is 10. The molecule has 0 bridgehead atoms. The Balaban J connectivity index is 1.40. The summed E-state index contributed by atoms with van der Waals surface area (Å²) < 4.78 is 5.62. The largest absolute Gasteiger partial charge is 0.491 e. The van der Waals surface area contributed by atoms with Gasteiger partial charge in [0, 0.05) is 38.7 Å². The van der Waals surface area contributed by atoms with Crippen LogP contribution in [0.2, 0.25) is 0 Å². The van der Waals surface area contributed by atoms with Crippen LogP contribution in [0, 0.1) is 0 Å². The molecular weight excluding hydrogens is 392 g/mol. The van der Waals surface area contributed by atoms with E-state index in [1.165, 1.54) is 16.0 Å². The van der Waals surface area contributed by atoms with Gasteiger partial charge in [-0.1, -0.05) is 37.3 Å². The third kappa shape index (κ3) is 6.31. The summed E-state index contributed by atoms with van der Waals surface area (Å²) in [4.78, 5) is 28.1. The lowest BCUT2D eigenvalue weighted by Crippen LogP contribution is -2.38. The molecule has 0 fully saturated rings. The van der Waals surface area contributed by atoms with Crippen LogP contribution in [-0.4, -0.2) is 54.7 Å². The average Bonchev–Trinajstić information content (AvgIpc) is 2.79. The zero-order chi connectivity index (χ0) is 22.2. The van der Waals surface area contributed by atoms with E-state index in [1.54, 1.807) is 11.9 Å². The van der Waals surface area contributed by atoms with E-state index in [2.05, 4.69) is 13.0 Å². The number of aliphatic hydroxyl groups excluding tert-OH is 1. The van der Waals surface area contributed by atoms with Crippen molar-refractivity contribution in [3.8, 4) is 5.75 Å². The summed E-state index contributed by atoms with van der Waals surface area (Å²) in [7, 11) is 1.68. The molecule has 2 aromatic carbocycles. The lowest BCUT2D eigenvalue weighted by Gasteiger charge is -2.29. The Hall–Kier alpha value is -2.86. The number of hydrogen-bond acceptors (Lipinski definition) is 4. The van der Waals surface area contributed by atoms with Crippen molar-refractivity contribution >= 4 is 17.5 Å². The maximum atomic E-state index is 12.5. The van der Waals surface area contributed by atoms with Crippen molar-refractivity contribution in [1.82, 2.24) is 4.90 Å². The predicted octanol–water partition coefficient (Wildman–Crippen LogP) is 3.21. The molecule has 2 aromatic rings. The number of anilines is 1. The van der Waals surface area contributed by atoms with Crippen LogP contribution in [0.15, 0.2) is 48.5 Å². The van der Waals surface area contributed by atoms with Gasteiger partial charge in [-0.2, -0.15) is 0 Å². The summed E-state index contributed by atoms with van der Waals surface area (Å²) in [6.45, 7) is 2.95. The zero-order valence-electron chi connectivity index (χ0n) is 18.4. The minimum absolute atomic E-state index is 0.0518. The van der Waals surface area contributed by atoms with Crippen LogP contribution >= 0.6 is 0 Å². The van der Waals surface area contributed by atoms with E-state index in [1.807, 2.05) is 42.5 Å². The van der Waals surface area contributed by atoms with Crippen LogP contribution in [0.4, 0.5) is 5.69 Å². The van der Waals surface area contributed by atoms with Crippen molar-refractivity contribution in [1.29, 1.82) is 0 Å². The molecule has 0 aliphatic carbocycles. The van der Waals surface area contributed by atoms with Gasteiger partial charge >= 0.3 is 0 Å². The molecule has 1 atom stereocenters. The molecule has 3 rings (SSSR count). The van der Waals surface area contributed by atoms with E-state index >= 15 is 0 Å². The number of fused-ring (bicyclic) bond motifs is 1. The highest BCUT2D eigenvalue weighted by atomic mass is 16.5. The van der Waals surface area contributed by atoms with Crippen LogP contribution in [0.25, 0.3) is 0 Å². The van der Waals surface area contributed by atoms with Crippen LogP contribution in [0.1, 0.15) is 37.3 Å². The lowest BCUT2D eigenvalue weighted by atomic mass is 10.0. The molecule has 1 N–H and O–H groups in total. The van der Waals surface area contributed by atoms with Gasteiger partial charge in [0.05, 0.1) is 0 Å². The minimum atomic E-state index is -0.768. The first-order chi connectivity index (χ1) is 15.0. The second-order valence-electron chi connectivity index (χ2n) is 8.01. The highest BCUT2D eigenvalue weighted by molar-refractivity contribution is 5.96. The van der Waals surface area contributed by atoms with E-state index in [0.29, 0.717) is 31.6 Å². The molecule has 0 saturated heterocycles. The topological polar surface area (TPSA) is 70.1 Å². The molecule has 6 heteroatoms. The summed E-state index contributed by atoms with van der Waals surface area (Å²) in [6, 6.07) is 15.7. The van der Waals surface area contributed by atoms with Gasteiger partial charge in [0.25, 0.3) is 0 Å². The number of carbonyl (C=O) groups is 2. The number of aliphatic hydroxyl groups is 1. The number of nitrogens with zero attached hydrogens (tertiary/aromatic N) is 2. The Bertz CT molecular complexity index is 881. The zero-order valence-corrected chi connectivity index (χ0v) is 18.4. The number of hydrogen-bond donors (Lipinski definition) is 1. The molecule has 0 spiro atoms. The molecule has 0 aromatic heterocycles. The average molecular weight is 425 g/mol. The molecule has 6 nitrogen and oxygen atoms in total. The number of amides is 2. The molecule has 0 radical (unpaired) electrons. The van der Waals surface area contributed by atoms with Crippen LogP contribution in [-0.2, 0) is 22.4 Å². The summed E-state index contributed by atoms with van der Waals surface area (Å²) >= 11 is 0. The summed E-state index contributed by atoms with van der Waals surface area (Å²) in [5.41, 5.74) is 3.37. The Kier molecular flexibility index (Phi) is 8.06. The van der Waals surface area contributed by atoms with Gasteiger partial charge < -0.3 is 19.6 Å². The highest BCUT2D eigenvalue weighted by Crippen LogP contribution is 2.27. The quantitative estimate of drug-likeness (QED) is 0.636. The van der Waals surface area contributed by atoms with Gasteiger partial charge in [0.15, 0.2) is 0 Å². The Morgan fingerprint density at radius 2 is 1.90 bits per heavy atom. The van der Waals surface area contributed by atoms with E-state index < -0.39 is 6.10 Å². The van der Waals surface area contributed by atoms with Crippen LogP contribution < -0.4 is 9.64 Å². The number of ether oxygens (including phenoxy) is 1. The molecular formula is C25H32N2O4. The second-order valence-corrected chi connectivity index (χ2v) is 8.01. The van der Waals surface area contributed by atoms with Crippen molar-refractivity contribution in [3.63, 3.8) is 0 Å². The van der Waals surface area contributed by atoms with Crippen LogP contribution in [0.3, 0.4) is 0 Å². The van der Waals surface area contributed by atoms with Gasteiger partial charge in [-0.25, -0.2) is 0 Å². The Labute approximate surface area is 184 Å². The number of para-hydroxylation sites is 1. The van der Waals surface area contributed by atoms with Crippen molar-refractivity contribution in [2.24, 2.45) is 0 Å². The molecule has 31 heavy (non-hydrogen) atoms. The van der Waals surface area contributed by atoms with E-state index in [4.69, 9.17) is 4.74 Å². The lowest BCUT2D eigenvalue weighted by molar-refractivity contribution is -0.131. The maximum absolute atomic E-state index is 12.5. The predicted molar refractivity (Wildman–Crippen MR) is 121 cm³/mol. The van der Waals surface area contributed by atoms with Crippen molar-refractivity contribution < 1.29 is 19.4 Å². The summed E-state index contributed by atoms with van der Waals surface area (Å²) in [5.74, 6) is 0.764. The van der Waals surface area contributed by atoms with Crippen molar-refractivity contribution in [2.45, 2.75) is 45.1 Å². The number of likely N-dealkylation sites (N-methyl/N-ethyl adjacent to an activating group) is 1. The number of aryl methyl sites for hydroxylation is 2. The van der Waals surface area contributed by atoms with E-state index in [9.17, 15) is 14.7 Å². The molecule has 0 saturated carbocycles. The molecule has 166 valence electrons. The third-order valence-corrected chi connectivity index (χ3v) is 5.65. The smallest absolute Gasteiger partial charge is 0.227 e. The fourth-order valence-electron chi connectivity index (χ4n) is 3.81. The third-order valence-electron chi connectivity index (χ3n) is 5.65. The minimum Gasteiger partial charge on any atom is -0.491 e. The Morgan fingerprint density at radius 3 is 2.65 bits per heavy atom. The van der Waals surface area contributed by atoms with Gasteiger partial charge in [-0.3, -0.25) is 9.59 Å². The number of carbonyl (C=O) groups excluding carboxylic acids is 2. The standard InChI is InChI=1S/C25H32N2O4/c1-3-19-10-13-22(14-11-19)31-18-21(28)17-26(2)24(29)9-6-16-27-23-8-5-4-7-20(23)12-15-25(27)30/h4-5,7-8,10-11,13-14,21,28H,3,6,9,12,15-18H2,1-2H3. The monoisotopic (exact) mass is 424 g/mol. The van der Waals surface area contributed by atoms with Gasteiger partial charge in [0.1, 0.15) is 18.5 Å². The fourth-order valence-corrected chi connectivity index (χ4v) is 3.81.